The summed E-state index contributed by atoms with van der Waals surface area (Å²) in [5, 5.41) is 3.93. The Hall–Kier alpha value is -1.77. The van der Waals surface area contributed by atoms with E-state index in [1.54, 1.807) is 0 Å². The van der Waals surface area contributed by atoms with Gasteiger partial charge in [-0.1, -0.05) is 19.1 Å². The van der Waals surface area contributed by atoms with Crippen LogP contribution < -0.4 is 5.32 Å². The van der Waals surface area contributed by atoms with E-state index in [2.05, 4.69) is 23.3 Å². The molecule has 0 saturated carbocycles. The number of rotatable bonds is 3. The Bertz CT molecular complexity index is 514. The van der Waals surface area contributed by atoms with Crippen LogP contribution in [0.2, 0.25) is 0 Å². The summed E-state index contributed by atoms with van der Waals surface area (Å²) in [6.07, 6.45) is 0.976. The van der Waals surface area contributed by atoms with Gasteiger partial charge in [0.1, 0.15) is 5.69 Å². The van der Waals surface area contributed by atoms with Crippen LogP contribution in [-0.4, -0.2) is 17.4 Å². The van der Waals surface area contributed by atoms with E-state index in [1.807, 2.05) is 25.1 Å². The number of hydrogen-bond acceptors (Lipinski definition) is 1. The molecule has 0 spiro atoms. The first-order chi connectivity index (χ1) is 7.76. The van der Waals surface area contributed by atoms with Gasteiger partial charge in [-0.05, 0) is 31.0 Å². The smallest absolute Gasteiger partial charge is 0.267 e. The molecule has 2 rings (SSSR count). The molecule has 0 saturated heterocycles. The molecular weight excluding hydrogens is 200 g/mol. The van der Waals surface area contributed by atoms with Crippen LogP contribution >= 0.6 is 0 Å². The van der Waals surface area contributed by atoms with Gasteiger partial charge in [-0.25, -0.2) is 0 Å². The first-order valence-corrected chi connectivity index (χ1v) is 5.65. The lowest BCUT2D eigenvalue weighted by molar-refractivity contribution is 0.0951. The quantitative estimate of drug-likeness (QED) is 0.813. The number of aromatic amines is 1. The molecule has 0 bridgehead atoms. The van der Waals surface area contributed by atoms with Gasteiger partial charge >= 0.3 is 0 Å². The summed E-state index contributed by atoms with van der Waals surface area (Å²) < 4.78 is 0. The summed E-state index contributed by atoms with van der Waals surface area (Å²) in [5.41, 5.74) is 2.93. The van der Waals surface area contributed by atoms with Crippen molar-refractivity contribution < 1.29 is 4.79 Å². The normalized spacial score (nSPS) is 10.6. The zero-order valence-electron chi connectivity index (χ0n) is 9.63. The van der Waals surface area contributed by atoms with Crippen molar-refractivity contribution in [3.05, 3.63) is 35.5 Å². The van der Waals surface area contributed by atoms with Crippen LogP contribution in [0.25, 0.3) is 10.9 Å². The fraction of sp³-hybridized carbons (Fsp3) is 0.308. The van der Waals surface area contributed by atoms with Gasteiger partial charge in [-0.3, -0.25) is 4.79 Å². The molecule has 0 aliphatic carbocycles. The summed E-state index contributed by atoms with van der Waals surface area (Å²) >= 11 is 0. The molecule has 0 atom stereocenters. The molecule has 1 amide bonds. The number of nitrogens with one attached hydrogen (secondary N) is 2. The minimum atomic E-state index is -0.0410. The lowest BCUT2D eigenvalue weighted by atomic mass is 10.1. The predicted molar refractivity (Wildman–Crippen MR) is 65.7 cm³/mol. The summed E-state index contributed by atoms with van der Waals surface area (Å²) in [7, 11) is 0. The third-order valence-corrected chi connectivity index (χ3v) is 2.72. The molecule has 0 aliphatic heterocycles. The van der Waals surface area contributed by atoms with Gasteiger partial charge < -0.3 is 10.3 Å². The van der Waals surface area contributed by atoms with E-state index in [9.17, 15) is 4.79 Å². The summed E-state index contributed by atoms with van der Waals surface area (Å²) in [6, 6.07) is 8.03. The number of fused-ring (bicyclic) bond motifs is 1. The molecule has 1 aromatic heterocycles. The SMILES string of the molecule is CCNC(=O)c1cc2c(CC)cccc2[nH]1. The van der Waals surface area contributed by atoms with Crippen molar-refractivity contribution in [1.82, 2.24) is 10.3 Å². The predicted octanol–water partition coefficient (Wildman–Crippen LogP) is 2.48. The molecular formula is C13H16N2O. The highest BCUT2D eigenvalue weighted by Crippen LogP contribution is 2.20. The second kappa shape index (κ2) is 4.39. The van der Waals surface area contributed by atoms with E-state index >= 15 is 0 Å². The van der Waals surface area contributed by atoms with Gasteiger partial charge in [-0.2, -0.15) is 0 Å². The van der Waals surface area contributed by atoms with Crippen LogP contribution in [0.5, 0.6) is 0 Å². The van der Waals surface area contributed by atoms with Crippen molar-refractivity contribution in [3.63, 3.8) is 0 Å². The van der Waals surface area contributed by atoms with Crippen LogP contribution in [0.1, 0.15) is 29.9 Å². The van der Waals surface area contributed by atoms with Gasteiger partial charge in [0.25, 0.3) is 5.91 Å². The molecule has 16 heavy (non-hydrogen) atoms. The van der Waals surface area contributed by atoms with E-state index in [-0.39, 0.29) is 5.91 Å². The van der Waals surface area contributed by atoms with Crippen molar-refractivity contribution in [1.29, 1.82) is 0 Å². The summed E-state index contributed by atoms with van der Waals surface area (Å²) in [5.74, 6) is -0.0410. The first kappa shape index (κ1) is 10.7. The third-order valence-electron chi connectivity index (χ3n) is 2.72. The van der Waals surface area contributed by atoms with Crippen LogP contribution in [0.4, 0.5) is 0 Å². The van der Waals surface area contributed by atoms with Crippen molar-refractivity contribution in [2.45, 2.75) is 20.3 Å². The Morgan fingerprint density at radius 2 is 2.19 bits per heavy atom. The average Bonchev–Trinajstić information content (AvgIpc) is 2.72. The van der Waals surface area contributed by atoms with Crippen molar-refractivity contribution in [2.24, 2.45) is 0 Å². The molecule has 0 aliphatic rings. The zero-order valence-corrected chi connectivity index (χ0v) is 9.63. The van der Waals surface area contributed by atoms with Gasteiger partial charge in [0.15, 0.2) is 0 Å². The van der Waals surface area contributed by atoms with E-state index in [0.717, 1.165) is 17.3 Å². The van der Waals surface area contributed by atoms with Crippen LogP contribution in [-0.2, 0) is 6.42 Å². The number of H-pyrrole nitrogens is 1. The summed E-state index contributed by atoms with van der Waals surface area (Å²) in [4.78, 5) is 14.8. The number of carbonyl (C=O) groups excluding carboxylic acids is 1. The molecule has 0 unspecified atom stereocenters. The maximum absolute atomic E-state index is 11.7. The van der Waals surface area contributed by atoms with Crippen molar-refractivity contribution in [3.8, 4) is 0 Å². The fourth-order valence-corrected chi connectivity index (χ4v) is 1.90. The molecule has 1 heterocycles. The Kier molecular flexibility index (Phi) is 2.95. The van der Waals surface area contributed by atoms with Crippen LogP contribution in [0.15, 0.2) is 24.3 Å². The van der Waals surface area contributed by atoms with E-state index in [0.29, 0.717) is 12.2 Å². The Labute approximate surface area is 94.9 Å². The highest BCUT2D eigenvalue weighted by molar-refractivity contribution is 5.98. The van der Waals surface area contributed by atoms with Crippen molar-refractivity contribution in [2.75, 3.05) is 6.54 Å². The lowest BCUT2D eigenvalue weighted by Crippen LogP contribution is -2.22. The van der Waals surface area contributed by atoms with Gasteiger partial charge in [0.05, 0.1) is 0 Å². The minimum absolute atomic E-state index is 0.0410. The number of benzene rings is 1. The number of aryl methyl sites for hydroxylation is 1. The third kappa shape index (κ3) is 1.81. The average molecular weight is 216 g/mol. The number of amides is 1. The minimum Gasteiger partial charge on any atom is -0.351 e. The van der Waals surface area contributed by atoms with E-state index in [4.69, 9.17) is 0 Å². The Morgan fingerprint density at radius 1 is 1.38 bits per heavy atom. The topological polar surface area (TPSA) is 44.9 Å². The summed E-state index contributed by atoms with van der Waals surface area (Å²) in [6.45, 7) is 4.68. The number of hydrogen-bond donors (Lipinski definition) is 2. The standard InChI is InChI=1S/C13H16N2O/c1-3-9-6-5-7-11-10(9)8-12(15-11)13(16)14-4-2/h5-8,15H,3-4H2,1-2H3,(H,14,16). The Morgan fingerprint density at radius 3 is 2.88 bits per heavy atom. The second-order valence-electron chi connectivity index (χ2n) is 3.77. The van der Waals surface area contributed by atoms with E-state index < -0.39 is 0 Å². The van der Waals surface area contributed by atoms with Crippen LogP contribution in [0.3, 0.4) is 0 Å². The van der Waals surface area contributed by atoms with Crippen molar-refractivity contribution >= 4 is 16.8 Å². The number of carbonyl (C=O) groups is 1. The fourth-order valence-electron chi connectivity index (χ4n) is 1.90. The van der Waals surface area contributed by atoms with E-state index in [1.165, 1.54) is 5.56 Å². The lowest BCUT2D eigenvalue weighted by Gasteiger charge is -1.96. The van der Waals surface area contributed by atoms with Gasteiger partial charge in [0, 0.05) is 17.4 Å². The number of aromatic nitrogens is 1. The first-order valence-electron chi connectivity index (χ1n) is 5.65. The highest BCUT2D eigenvalue weighted by atomic mass is 16.1. The van der Waals surface area contributed by atoms with Gasteiger partial charge in [-0.15, -0.1) is 0 Å². The van der Waals surface area contributed by atoms with Crippen LogP contribution in [0, 0.1) is 0 Å². The maximum atomic E-state index is 11.7. The molecule has 3 heteroatoms. The zero-order chi connectivity index (χ0) is 11.5. The molecule has 0 fully saturated rings. The molecule has 0 radical (unpaired) electrons. The molecule has 1 aromatic carbocycles. The molecule has 2 aromatic rings. The highest BCUT2D eigenvalue weighted by Gasteiger charge is 2.09. The Balaban J connectivity index is 2.47. The molecule has 2 N–H and O–H groups in total. The monoisotopic (exact) mass is 216 g/mol. The van der Waals surface area contributed by atoms with Gasteiger partial charge in [0.2, 0.25) is 0 Å². The second-order valence-corrected chi connectivity index (χ2v) is 3.77. The molecule has 3 nitrogen and oxygen atoms in total. The maximum Gasteiger partial charge on any atom is 0.267 e. The largest absolute Gasteiger partial charge is 0.351 e. The molecule has 84 valence electrons.